The highest BCUT2D eigenvalue weighted by Gasteiger charge is 2.50. The fourth-order valence-electron chi connectivity index (χ4n) is 7.06. The van der Waals surface area contributed by atoms with Gasteiger partial charge in [-0.3, -0.25) is 32.5 Å². The molecule has 1 aliphatic heterocycles. The minimum absolute atomic E-state index is 0.0335. The zero-order valence-corrected chi connectivity index (χ0v) is 43.0. The van der Waals surface area contributed by atoms with Crippen LogP contribution >= 0.6 is 35.2 Å². The van der Waals surface area contributed by atoms with Gasteiger partial charge in [0.2, 0.25) is 11.8 Å². The lowest BCUT2D eigenvalue weighted by Gasteiger charge is -2.30. The average Bonchev–Trinajstić information content (AvgIpc) is 3.84. The Morgan fingerprint density at radius 2 is 1.48 bits per heavy atom. The summed E-state index contributed by atoms with van der Waals surface area (Å²) in [4.78, 5) is 88.4. The number of anilines is 1. The summed E-state index contributed by atoms with van der Waals surface area (Å²) in [6, 6.07) is 0. The van der Waals surface area contributed by atoms with E-state index in [0.717, 1.165) is 48.2 Å². The Morgan fingerprint density at radius 3 is 2.12 bits per heavy atom. The number of aliphatic hydroxyl groups is 2. The molecule has 24 nitrogen and oxygen atoms in total. The summed E-state index contributed by atoms with van der Waals surface area (Å²) in [6.45, 7) is 2.81. The van der Waals surface area contributed by atoms with Crippen molar-refractivity contribution >= 4 is 69.1 Å². The first-order valence-corrected chi connectivity index (χ1v) is 28.8. The van der Waals surface area contributed by atoms with Gasteiger partial charge in [0.05, 0.1) is 19.5 Å². The molecule has 394 valence electrons. The molecule has 7 atom stereocenters. The molecule has 0 radical (unpaired) electrons. The Kier molecular flexibility index (Phi) is 26.7. The van der Waals surface area contributed by atoms with Crippen LogP contribution in [-0.2, 0) is 50.7 Å². The molecule has 1 fully saturated rings. The maximum atomic E-state index is 12.7. The number of ether oxygens (including phenoxy) is 1. The predicted molar refractivity (Wildman–Crippen MR) is 256 cm³/mol. The number of amides is 2. The molecular weight excluding hydrogens is 987 g/mol. The van der Waals surface area contributed by atoms with E-state index in [9.17, 15) is 57.9 Å². The van der Waals surface area contributed by atoms with E-state index in [1.165, 1.54) is 90.9 Å². The number of nitrogen functional groups attached to an aromatic ring is 1. The van der Waals surface area contributed by atoms with Crippen LogP contribution < -0.4 is 16.4 Å². The van der Waals surface area contributed by atoms with Gasteiger partial charge in [-0.2, -0.15) is 4.31 Å². The smallest absolute Gasteiger partial charge is 0.386 e. The number of nitrogens with one attached hydrogen (secondary N) is 2. The first kappa shape index (κ1) is 60.6. The summed E-state index contributed by atoms with van der Waals surface area (Å²) in [5.41, 5.74) is 4.29. The van der Waals surface area contributed by atoms with Crippen molar-refractivity contribution in [2.75, 3.05) is 37.8 Å². The summed E-state index contributed by atoms with van der Waals surface area (Å²) >= 11 is 1.15. The third kappa shape index (κ3) is 23.2. The molecule has 28 heteroatoms. The van der Waals surface area contributed by atoms with Crippen LogP contribution in [-0.4, -0.2) is 123 Å². The number of rotatable bonds is 36. The molecule has 2 amide bonds. The van der Waals surface area contributed by atoms with Crippen molar-refractivity contribution in [3.8, 4) is 0 Å². The highest BCUT2D eigenvalue weighted by molar-refractivity contribution is 8.13. The van der Waals surface area contributed by atoms with E-state index in [2.05, 4.69) is 53.5 Å². The number of aromatic nitrogens is 4. The maximum Gasteiger partial charge on any atom is 0.481 e. The van der Waals surface area contributed by atoms with Gasteiger partial charge in [-0.25, -0.2) is 28.6 Å². The summed E-state index contributed by atoms with van der Waals surface area (Å²) in [7, 11) is -16.4. The number of carbonyl (C=O) groups excluding carboxylic acids is 3. The van der Waals surface area contributed by atoms with Crippen LogP contribution in [0.1, 0.15) is 136 Å². The maximum absolute atomic E-state index is 12.7. The third-order valence-corrected chi connectivity index (χ3v) is 14.9. The molecule has 0 bridgehead atoms. The molecule has 0 aliphatic carbocycles. The van der Waals surface area contributed by atoms with Crippen molar-refractivity contribution in [2.24, 2.45) is 5.41 Å². The highest BCUT2D eigenvalue weighted by Crippen LogP contribution is 2.61. The van der Waals surface area contributed by atoms with Gasteiger partial charge in [0.25, 0.3) is 0 Å². The second-order valence-corrected chi connectivity index (χ2v) is 22.7. The summed E-state index contributed by atoms with van der Waals surface area (Å²) in [5, 5.41) is 26.7. The molecule has 1 saturated heterocycles. The van der Waals surface area contributed by atoms with Crippen molar-refractivity contribution in [3.05, 3.63) is 24.8 Å². The Bertz CT molecular complexity index is 2080. The van der Waals surface area contributed by atoms with Crippen molar-refractivity contribution < 1.29 is 80.5 Å². The zero-order valence-electron chi connectivity index (χ0n) is 39.5. The van der Waals surface area contributed by atoms with Gasteiger partial charge < -0.3 is 50.9 Å². The monoisotopic (exact) mass is 1060 g/mol. The lowest BCUT2D eigenvalue weighted by Crippen LogP contribution is -2.46. The number of phosphoric acid groups is 3. The van der Waals surface area contributed by atoms with Crippen molar-refractivity contribution in [2.45, 2.75) is 161 Å². The first-order valence-electron chi connectivity index (χ1n) is 23.3. The van der Waals surface area contributed by atoms with Gasteiger partial charge in [-0.05, 0) is 32.1 Å². The summed E-state index contributed by atoms with van der Waals surface area (Å²) in [6.07, 6.45) is 16.3. The number of aliphatic hydroxyl groups excluding tert-OH is 2. The first-order chi connectivity index (χ1) is 32.6. The van der Waals surface area contributed by atoms with Gasteiger partial charge in [-0.15, -0.1) is 0 Å². The fraction of sp³-hybridized carbons (Fsp3) is 0.756. The molecule has 3 rings (SSSR count). The van der Waals surface area contributed by atoms with Gasteiger partial charge in [0, 0.05) is 37.1 Å². The summed E-state index contributed by atoms with van der Waals surface area (Å²) in [5.74, 6) is -1.02. The molecule has 0 saturated carbocycles. The predicted octanol–water partition coefficient (Wildman–Crippen LogP) is 5.48. The molecule has 69 heavy (non-hydrogen) atoms. The Balaban J connectivity index is 1.27. The van der Waals surface area contributed by atoms with Crippen molar-refractivity contribution in [1.29, 1.82) is 0 Å². The number of nitrogens with zero attached hydrogens (tertiary/aromatic N) is 4. The lowest BCUT2D eigenvalue weighted by molar-refractivity contribution is -0.137. The van der Waals surface area contributed by atoms with Crippen LogP contribution in [0.5, 0.6) is 0 Å². The number of imidazole rings is 1. The third-order valence-electron chi connectivity index (χ3n) is 10.9. The van der Waals surface area contributed by atoms with E-state index in [1.807, 2.05) is 0 Å². The Labute approximate surface area is 407 Å². The van der Waals surface area contributed by atoms with Crippen molar-refractivity contribution in [1.82, 2.24) is 30.2 Å². The number of allylic oxidation sites excluding steroid dienone is 2. The highest BCUT2D eigenvalue weighted by atomic mass is 32.2. The zero-order chi connectivity index (χ0) is 51.1. The SMILES string of the molecule is CCCCCC/C=C\CCCCCCCCCCCC(=O)SCCNC(=O)CCNC(=O)[C@H](O)C(C)(C)COP(=O)(O)OP(=O)(O)OC[C@H]1O[C@@H](n2cnc3c(N)ncnc32)[C@H](O)[C@@H]1OP(=O)(O)O. The number of nitrogens with two attached hydrogens (primary N) is 1. The normalized spacial score (nSPS) is 20.0. The molecule has 2 unspecified atom stereocenters. The minimum atomic E-state index is -5.58. The number of carbonyl (C=O) groups is 3. The molecule has 2 aromatic heterocycles. The van der Waals surface area contributed by atoms with Gasteiger partial charge in [0.1, 0.15) is 36.3 Å². The quantitative estimate of drug-likeness (QED) is 0.0232. The topological polar surface area (TPSA) is 364 Å². The second-order valence-electron chi connectivity index (χ2n) is 17.3. The molecule has 0 aromatic carbocycles. The minimum Gasteiger partial charge on any atom is -0.386 e. The van der Waals surface area contributed by atoms with Crippen LogP contribution in [0.25, 0.3) is 11.2 Å². The van der Waals surface area contributed by atoms with Gasteiger partial charge in [-0.1, -0.05) is 109 Å². The van der Waals surface area contributed by atoms with Crippen molar-refractivity contribution in [3.63, 3.8) is 0 Å². The number of fused-ring (bicyclic) bond motifs is 1. The van der Waals surface area contributed by atoms with E-state index < -0.39 is 84.6 Å². The van der Waals surface area contributed by atoms with E-state index in [0.29, 0.717) is 12.2 Å². The fourth-order valence-corrected chi connectivity index (χ4v) is 10.6. The van der Waals surface area contributed by atoms with Crippen LogP contribution in [0.4, 0.5) is 5.82 Å². The largest absolute Gasteiger partial charge is 0.481 e. The molecular formula is C41H72N7O17P3S. The molecule has 10 N–H and O–H groups in total. The number of hydrogen-bond donors (Lipinski definition) is 9. The number of hydrogen-bond acceptors (Lipinski definition) is 18. The second kappa shape index (κ2) is 30.4. The van der Waals surface area contributed by atoms with E-state index in [-0.39, 0.29) is 41.6 Å². The standard InChI is InChI=1S/C41H72N7O17P3S/c1-4-5-6-7-8-9-10-11-12-13-14-15-16-17-18-19-20-21-32(50)69-25-24-43-31(49)22-23-44-39(53)36(52)41(2,3)27-62-68(59,60)65-67(57,58)61-26-30-35(64-66(54,55)56)34(51)40(63-30)48-29-47-33-37(42)45-28-46-38(33)48/h9-10,28-30,34-36,40,51-52H,4-8,11-27H2,1-3H3,(H,43,49)(H,44,53)(H,57,58)(H,59,60)(H2,42,45,46)(H2,54,55,56)/b10-9-/t30-,34-,35-,36+,40-/m1/s1. The van der Waals surface area contributed by atoms with Gasteiger partial charge >= 0.3 is 23.5 Å². The Hall–Kier alpha value is -2.70. The van der Waals surface area contributed by atoms with Crippen LogP contribution in [0.2, 0.25) is 0 Å². The molecule has 3 heterocycles. The summed E-state index contributed by atoms with van der Waals surface area (Å²) < 4.78 is 62.5. The Morgan fingerprint density at radius 1 is 0.870 bits per heavy atom. The number of thioether (sulfide) groups is 1. The average molecular weight is 1060 g/mol. The number of unbranched alkanes of at least 4 members (excludes halogenated alkanes) is 13. The van der Waals surface area contributed by atoms with E-state index >= 15 is 0 Å². The van der Waals surface area contributed by atoms with Crippen LogP contribution in [0.3, 0.4) is 0 Å². The van der Waals surface area contributed by atoms with E-state index in [4.69, 9.17) is 19.5 Å². The molecule has 2 aromatic rings. The van der Waals surface area contributed by atoms with Gasteiger partial charge in [0.15, 0.2) is 22.8 Å². The number of phosphoric ester groups is 3. The van der Waals surface area contributed by atoms with Crippen LogP contribution in [0.15, 0.2) is 24.8 Å². The van der Waals surface area contributed by atoms with E-state index in [1.54, 1.807) is 0 Å². The lowest BCUT2D eigenvalue weighted by atomic mass is 9.87. The molecule has 0 spiro atoms. The molecule has 1 aliphatic rings. The van der Waals surface area contributed by atoms with Crippen LogP contribution in [0, 0.1) is 5.41 Å².